The van der Waals surface area contributed by atoms with Crippen molar-refractivity contribution in [3.05, 3.63) is 54.1 Å². The lowest BCUT2D eigenvalue weighted by Crippen LogP contribution is -2.24. The summed E-state index contributed by atoms with van der Waals surface area (Å²) in [6.45, 7) is 3.29. The van der Waals surface area contributed by atoms with Crippen molar-refractivity contribution in [3.8, 4) is 0 Å². The molecule has 5 heteroatoms. The molecular weight excluding hydrogens is 252 g/mol. The number of nitrogens with one attached hydrogen (secondary N) is 2. The topological polar surface area (TPSA) is 66.9 Å². The number of rotatable bonds is 6. The van der Waals surface area contributed by atoms with Crippen LogP contribution < -0.4 is 10.6 Å². The Hall–Kier alpha value is -2.43. The highest BCUT2D eigenvalue weighted by molar-refractivity contribution is 5.94. The van der Waals surface area contributed by atoms with Crippen LogP contribution in [0.1, 0.15) is 29.4 Å². The van der Waals surface area contributed by atoms with Crippen molar-refractivity contribution in [1.29, 1.82) is 0 Å². The predicted molar refractivity (Wildman–Crippen MR) is 78.4 cm³/mol. The summed E-state index contributed by atoms with van der Waals surface area (Å²) < 4.78 is 0. The van der Waals surface area contributed by atoms with Gasteiger partial charge in [-0.2, -0.15) is 0 Å². The zero-order valence-electron chi connectivity index (χ0n) is 11.5. The molecule has 0 unspecified atom stereocenters. The molecule has 0 atom stereocenters. The van der Waals surface area contributed by atoms with Gasteiger partial charge in [0, 0.05) is 25.1 Å². The van der Waals surface area contributed by atoms with Crippen molar-refractivity contribution < 1.29 is 4.79 Å². The predicted octanol–water partition coefficient (Wildman–Crippen LogP) is 2.23. The molecule has 2 aromatic rings. The van der Waals surface area contributed by atoms with E-state index in [0.717, 1.165) is 17.8 Å². The van der Waals surface area contributed by atoms with Gasteiger partial charge in [-0.3, -0.25) is 14.8 Å². The third-order valence-corrected chi connectivity index (χ3v) is 2.74. The number of anilines is 1. The summed E-state index contributed by atoms with van der Waals surface area (Å²) in [6.07, 6.45) is 5.93. The first kappa shape index (κ1) is 14.0. The molecule has 2 rings (SSSR count). The van der Waals surface area contributed by atoms with Gasteiger partial charge in [0.05, 0.1) is 23.5 Å². The van der Waals surface area contributed by atoms with E-state index in [1.54, 1.807) is 24.7 Å². The second-order valence-corrected chi connectivity index (χ2v) is 4.39. The van der Waals surface area contributed by atoms with Crippen LogP contribution in [0.4, 0.5) is 5.69 Å². The Labute approximate surface area is 118 Å². The Morgan fingerprint density at radius 1 is 1.30 bits per heavy atom. The fraction of sp³-hybridized carbons (Fsp3) is 0.267. The standard InChI is InChI=1S/C15H18N4O/c1-2-6-18-15(20)12-8-14(10-16-9-12)19-11-13-5-3-4-7-17-13/h3-5,7-10,19H,2,6,11H2,1H3,(H,18,20). The number of amides is 1. The van der Waals surface area contributed by atoms with E-state index in [0.29, 0.717) is 18.7 Å². The summed E-state index contributed by atoms with van der Waals surface area (Å²) in [7, 11) is 0. The molecule has 0 saturated heterocycles. The molecule has 0 aromatic carbocycles. The van der Waals surface area contributed by atoms with Crippen molar-refractivity contribution in [1.82, 2.24) is 15.3 Å². The molecule has 0 aliphatic heterocycles. The lowest BCUT2D eigenvalue weighted by molar-refractivity contribution is 0.0953. The fourth-order valence-electron chi connectivity index (χ4n) is 1.70. The quantitative estimate of drug-likeness (QED) is 0.844. The number of carbonyl (C=O) groups excluding carboxylic acids is 1. The van der Waals surface area contributed by atoms with Crippen LogP contribution in [-0.2, 0) is 6.54 Å². The van der Waals surface area contributed by atoms with Crippen LogP contribution in [0.5, 0.6) is 0 Å². The molecule has 0 spiro atoms. The number of carbonyl (C=O) groups is 1. The molecule has 5 nitrogen and oxygen atoms in total. The zero-order chi connectivity index (χ0) is 14.2. The van der Waals surface area contributed by atoms with Crippen LogP contribution in [0.2, 0.25) is 0 Å². The molecule has 1 amide bonds. The van der Waals surface area contributed by atoms with E-state index in [4.69, 9.17) is 0 Å². The van der Waals surface area contributed by atoms with Gasteiger partial charge in [0.2, 0.25) is 0 Å². The van der Waals surface area contributed by atoms with E-state index in [-0.39, 0.29) is 5.91 Å². The maximum absolute atomic E-state index is 11.8. The normalized spacial score (nSPS) is 10.1. The molecule has 2 aromatic heterocycles. The Kier molecular flexibility index (Phi) is 5.06. The molecule has 0 bridgehead atoms. The molecular formula is C15H18N4O. The highest BCUT2D eigenvalue weighted by Gasteiger charge is 2.05. The molecule has 0 aliphatic rings. The summed E-state index contributed by atoms with van der Waals surface area (Å²) in [5.74, 6) is -0.0964. The van der Waals surface area contributed by atoms with E-state index in [1.807, 2.05) is 25.1 Å². The van der Waals surface area contributed by atoms with Crippen LogP contribution in [-0.4, -0.2) is 22.4 Å². The first-order chi connectivity index (χ1) is 9.79. The van der Waals surface area contributed by atoms with Gasteiger partial charge in [-0.05, 0) is 24.6 Å². The molecule has 2 N–H and O–H groups in total. The van der Waals surface area contributed by atoms with E-state index < -0.39 is 0 Å². The van der Waals surface area contributed by atoms with E-state index in [9.17, 15) is 4.79 Å². The monoisotopic (exact) mass is 270 g/mol. The van der Waals surface area contributed by atoms with Crippen LogP contribution in [0.25, 0.3) is 0 Å². The SMILES string of the molecule is CCCNC(=O)c1cncc(NCc2ccccn2)c1. The Morgan fingerprint density at radius 3 is 2.95 bits per heavy atom. The maximum Gasteiger partial charge on any atom is 0.252 e. The fourth-order valence-corrected chi connectivity index (χ4v) is 1.70. The summed E-state index contributed by atoms with van der Waals surface area (Å²) in [6, 6.07) is 7.56. The molecule has 0 fully saturated rings. The summed E-state index contributed by atoms with van der Waals surface area (Å²) >= 11 is 0. The first-order valence-electron chi connectivity index (χ1n) is 6.66. The van der Waals surface area contributed by atoms with Gasteiger partial charge in [0.25, 0.3) is 5.91 Å². The number of pyridine rings is 2. The minimum atomic E-state index is -0.0964. The average molecular weight is 270 g/mol. The molecule has 104 valence electrons. The van der Waals surface area contributed by atoms with Crippen LogP contribution in [0.15, 0.2) is 42.9 Å². The van der Waals surface area contributed by atoms with Crippen LogP contribution >= 0.6 is 0 Å². The summed E-state index contributed by atoms with van der Waals surface area (Å²) in [5, 5.41) is 6.04. The van der Waals surface area contributed by atoms with E-state index in [1.165, 1.54) is 0 Å². The number of nitrogens with zero attached hydrogens (tertiary/aromatic N) is 2. The van der Waals surface area contributed by atoms with Gasteiger partial charge in [0.1, 0.15) is 0 Å². The number of hydrogen-bond donors (Lipinski definition) is 2. The summed E-state index contributed by atoms with van der Waals surface area (Å²) in [5.41, 5.74) is 2.30. The van der Waals surface area contributed by atoms with Gasteiger partial charge >= 0.3 is 0 Å². The third-order valence-electron chi connectivity index (χ3n) is 2.74. The molecule has 2 heterocycles. The third kappa shape index (κ3) is 4.05. The highest BCUT2D eigenvalue weighted by atomic mass is 16.1. The van der Waals surface area contributed by atoms with Crippen molar-refractivity contribution in [3.63, 3.8) is 0 Å². The zero-order valence-corrected chi connectivity index (χ0v) is 11.5. The van der Waals surface area contributed by atoms with E-state index >= 15 is 0 Å². The van der Waals surface area contributed by atoms with Gasteiger partial charge in [-0.15, -0.1) is 0 Å². The average Bonchev–Trinajstić information content (AvgIpc) is 2.52. The van der Waals surface area contributed by atoms with Crippen molar-refractivity contribution in [2.45, 2.75) is 19.9 Å². The lowest BCUT2D eigenvalue weighted by Gasteiger charge is -2.08. The molecule has 0 aliphatic carbocycles. The van der Waals surface area contributed by atoms with Crippen molar-refractivity contribution in [2.75, 3.05) is 11.9 Å². The number of hydrogen-bond acceptors (Lipinski definition) is 4. The highest BCUT2D eigenvalue weighted by Crippen LogP contribution is 2.09. The minimum Gasteiger partial charge on any atom is -0.378 e. The summed E-state index contributed by atoms with van der Waals surface area (Å²) in [4.78, 5) is 20.2. The van der Waals surface area contributed by atoms with Crippen LogP contribution in [0.3, 0.4) is 0 Å². The molecule has 20 heavy (non-hydrogen) atoms. The van der Waals surface area contributed by atoms with Crippen LogP contribution in [0, 0.1) is 0 Å². The van der Waals surface area contributed by atoms with Gasteiger partial charge in [-0.25, -0.2) is 0 Å². The lowest BCUT2D eigenvalue weighted by atomic mass is 10.2. The van der Waals surface area contributed by atoms with E-state index in [2.05, 4.69) is 20.6 Å². The number of aromatic nitrogens is 2. The first-order valence-corrected chi connectivity index (χ1v) is 6.66. The Balaban J connectivity index is 1.97. The van der Waals surface area contributed by atoms with Gasteiger partial charge in [-0.1, -0.05) is 13.0 Å². The Bertz CT molecular complexity index is 557. The minimum absolute atomic E-state index is 0.0964. The Morgan fingerprint density at radius 2 is 2.20 bits per heavy atom. The second-order valence-electron chi connectivity index (χ2n) is 4.39. The van der Waals surface area contributed by atoms with Crippen molar-refractivity contribution in [2.24, 2.45) is 0 Å². The second kappa shape index (κ2) is 7.23. The van der Waals surface area contributed by atoms with Gasteiger partial charge < -0.3 is 10.6 Å². The maximum atomic E-state index is 11.8. The smallest absolute Gasteiger partial charge is 0.252 e. The van der Waals surface area contributed by atoms with Gasteiger partial charge in [0.15, 0.2) is 0 Å². The molecule has 0 saturated carbocycles. The molecule has 0 radical (unpaired) electrons. The largest absolute Gasteiger partial charge is 0.378 e. The van der Waals surface area contributed by atoms with Crippen molar-refractivity contribution >= 4 is 11.6 Å².